The molecule has 202 valence electrons. The van der Waals surface area contributed by atoms with Crippen LogP contribution in [0.1, 0.15) is 36.6 Å². The molecular formula is C32H28BrN3O4. The van der Waals surface area contributed by atoms with Crippen molar-refractivity contribution in [3.8, 4) is 0 Å². The molecule has 2 unspecified atom stereocenters. The Hall–Kier alpha value is -4.43. The molecule has 1 aliphatic heterocycles. The number of esters is 1. The Bertz CT molecular complexity index is 1510. The second-order valence-electron chi connectivity index (χ2n) is 9.37. The SMILES string of the molecule is CCOC(=O)C1=C(Nc2ccccc2)CC(c2ccc(Br)cc2)N(c2ccccc2)C1c1ccc([N+](=O)[O-])cc1. The summed E-state index contributed by atoms with van der Waals surface area (Å²) in [5, 5.41) is 15.0. The van der Waals surface area contributed by atoms with Crippen molar-refractivity contribution in [3.63, 3.8) is 0 Å². The number of para-hydroxylation sites is 2. The molecule has 0 aromatic heterocycles. The van der Waals surface area contributed by atoms with E-state index in [4.69, 9.17) is 4.74 Å². The largest absolute Gasteiger partial charge is 0.463 e. The Morgan fingerprint density at radius 2 is 1.52 bits per heavy atom. The lowest BCUT2D eigenvalue weighted by atomic mass is 9.84. The van der Waals surface area contributed by atoms with E-state index in [0.717, 1.165) is 32.7 Å². The predicted octanol–water partition coefficient (Wildman–Crippen LogP) is 7.98. The number of carbonyl (C=O) groups excluding carboxylic acids is 1. The smallest absolute Gasteiger partial charge is 0.338 e. The zero-order valence-corrected chi connectivity index (χ0v) is 23.5. The van der Waals surface area contributed by atoms with Crippen LogP contribution in [0.2, 0.25) is 0 Å². The maximum absolute atomic E-state index is 13.8. The second-order valence-corrected chi connectivity index (χ2v) is 10.3. The van der Waals surface area contributed by atoms with Crippen LogP contribution in [0, 0.1) is 10.1 Å². The molecule has 2 atom stereocenters. The van der Waals surface area contributed by atoms with Crippen molar-refractivity contribution in [2.75, 3.05) is 16.8 Å². The molecule has 0 spiro atoms. The zero-order valence-electron chi connectivity index (χ0n) is 21.9. The minimum Gasteiger partial charge on any atom is -0.463 e. The van der Waals surface area contributed by atoms with Crippen LogP contribution in [0.3, 0.4) is 0 Å². The number of nitrogens with one attached hydrogen (secondary N) is 1. The lowest BCUT2D eigenvalue weighted by Gasteiger charge is -2.46. The summed E-state index contributed by atoms with van der Waals surface area (Å²) >= 11 is 3.55. The number of hydrogen-bond donors (Lipinski definition) is 1. The summed E-state index contributed by atoms with van der Waals surface area (Å²) in [5.41, 5.74) is 4.77. The van der Waals surface area contributed by atoms with Crippen LogP contribution in [-0.4, -0.2) is 17.5 Å². The molecule has 0 aliphatic carbocycles. The van der Waals surface area contributed by atoms with Crippen molar-refractivity contribution in [3.05, 3.63) is 146 Å². The highest BCUT2D eigenvalue weighted by molar-refractivity contribution is 9.10. The van der Waals surface area contributed by atoms with Crippen molar-refractivity contribution in [1.29, 1.82) is 0 Å². The number of nitro benzene ring substituents is 1. The molecule has 8 heteroatoms. The number of anilines is 2. The van der Waals surface area contributed by atoms with Crippen molar-refractivity contribution in [2.45, 2.75) is 25.4 Å². The number of carbonyl (C=O) groups is 1. The highest BCUT2D eigenvalue weighted by Crippen LogP contribution is 2.48. The molecule has 1 N–H and O–H groups in total. The Morgan fingerprint density at radius 3 is 2.12 bits per heavy atom. The monoisotopic (exact) mass is 597 g/mol. The summed E-state index contributed by atoms with van der Waals surface area (Å²) in [7, 11) is 0. The summed E-state index contributed by atoms with van der Waals surface area (Å²) < 4.78 is 6.59. The molecule has 0 saturated carbocycles. The first-order valence-corrected chi connectivity index (χ1v) is 13.8. The molecule has 4 aromatic carbocycles. The molecule has 5 rings (SSSR count). The number of nitrogens with zero attached hydrogens (tertiary/aromatic N) is 2. The van der Waals surface area contributed by atoms with Gasteiger partial charge in [0.1, 0.15) is 0 Å². The van der Waals surface area contributed by atoms with Gasteiger partial charge < -0.3 is 15.0 Å². The maximum atomic E-state index is 13.8. The van der Waals surface area contributed by atoms with Crippen molar-refractivity contribution < 1.29 is 14.5 Å². The van der Waals surface area contributed by atoms with Gasteiger partial charge in [0.05, 0.1) is 29.2 Å². The quantitative estimate of drug-likeness (QED) is 0.126. The third-order valence-corrected chi connectivity index (χ3v) is 7.43. The summed E-state index contributed by atoms with van der Waals surface area (Å²) in [6, 6.07) is 33.5. The van der Waals surface area contributed by atoms with E-state index in [1.165, 1.54) is 12.1 Å². The van der Waals surface area contributed by atoms with Crippen LogP contribution < -0.4 is 10.2 Å². The Labute approximate surface area is 241 Å². The first-order chi connectivity index (χ1) is 19.5. The average Bonchev–Trinajstić information content (AvgIpc) is 2.98. The van der Waals surface area contributed by atoms with Gasteiger partial charge in [0.25, 0.3) is 5.69 Å². The molecule has 0 fully saturated rings. The average molecular weight is 598 g/mol. The molecule has 0 radical (unpaired) electrons. The van der Waals surface area contributed by atoms with Crippen LogP contribution in [0.15, 0.2) is 125 Å². The van der Waals surface area contributed by atoms with E-state index in [-0.39, 0.29) is 18.3 Å². The van der Waals surface area contributed by atoms with E-state index < -0.39 is 16.9 Å². The third-order valence-electron chi connectivity index (χ3n) is 6.90. The fourth-order valence-corrected chi connectivity index (χ4v) is 5.41. The fraction of sp³-hybridized carbons (Fsp3) is 0.156. The van der Waals surface area contributed by atoms with Crippen LogP contribution in [-0.2, 0) is 9.53 Å². The van der Waals surface area contributed by atoms with Crippen LogP contribution in [0.4, 0.5) is 17.1 Å². The van der Waals surface area contributed by atoms with Gasteiger partial charge in [0.2, 0.25) is 0 Å². The van der Waals surface area contributed by atoms with Gasteiger partial charge in [0.15, 0.2) is 0 Å². The number of rotatable bonds is 8. The molecular weight excluding hydrogens is 570 g/mol. The standard InChI is InChI=1S/C32H28BrN3O4/c1-2-40-32(37)30-28(34-25-9-5-3-6-10-25)21-29(22-13-17-24(33)18-14-22)35(26-11-7-4-8-12-26)31(30)23-15-19-27(20-16-23)36(38)39/h3-20,29,31,34H,2,21H2,1H3. The zero-order chi connectivity index (χ0) is 28.1. The van der Waals surface area contributed by atoms with E-state index in [9.17, 15) is 14.9 Å². The molecule has 0 bridgehead atoms. The first kappa shape index (κ1) is 27.1. The maximum Gasteiger partial charge on any atom is 0.338 e. The molecule has 0 saturated heterocycles. The minimum atomic E-state index is -0.587. The number of hydrogen-bond acceptors (Lipinski definition) is 6. The van der Waals surface area contributed by atoms with Crippen LogP contribution >= 0.6 is 15.9 Å². The molecule has 1 heterocycles. The number of nitro groups is 1. The molecule has 4 aromatic rings. The summed E-state index contributed by atoms with van der Waals surface area (Å²) in [6.07, 6.45) is 0.503. The Balaban J connectivity index is 1.77. The van der Waals surface area contributed by atoms with Gasteiger partial charge in [-0.1, -0.05) is 64.5 Å². The van der Waals surface area contributed by atoms with E-state index in [1.54, 1.807) is 19.1 Å². The van der Waals surface area contributed by atoms with Gasteiger partial charge in [-0.15, -0.1) is 0 Å². The third kappa shape index (κ3) is 5.77. The summed E-state index contributed by atoms with van der Waals surface area (Å²) in [6.45, 7) is 2.00. The molecule has 40 heavy (non-hydrogen) atoms. The Kier molecular flexibility index (Phi) is 8.26. The number of ether oxygens (including phenoxy) is 1. The van der Waals surface area contributed by atoms with E-state index in [2.05, 4.69) is 38.3 Å². The van der Waals surface area contributed by atoms with Gasteiger partial charge in [-0.2, -0.15) is 0 Å². The van der Waals surface area contributed by atoms with E-state index in [1.807, 2.05) is 72.8 Å². The predicted molar refractivity (Wildman–Crippen MR) is 160 cm³/mol. The Morgan fingerprint density at radius 1 is 0.925 bits per heavy atom. The van der Waals surface area contributed by atoms with Gasteiger partial charge >= 0.3 is 5.97 Å². The highest BCUT2D eigenvalue weighted by Gasteiger charge is 2.42. The number of benzene rings is 4. The molecule has 1 aliphatic rings. The van der Waals surface area contributed by atoms with Crippen molar-refractivity contribution in [2.24, 2.45) is 0 Å². The van der Waals surface area contributed by atoms with Gasteiger partial charge in [-0.25, -0.2) is 4.79 Å². The minimum absolute atomic E-state index is 0.0143. The van der Waals surface area contributed by atoms with Crippen LogP contribution in [0.25, 0.3) is 0 Å². The summed E-state index contributed by atoms with van der Waals surface area (Å²) in [4.78, 5) is 27.0. The first-order valence-electron chi connectivity index (χ1n) is 13.0. The van der Waals surface area contributed by atoms with Crippen molar-refractivity contribution in [1.82, 2.24) is 0 Å². The highest BCUT2D eigenvalue weighted by atomic mass is 79.9. The lowest BCUT2D eigenvalue weighted by Crippen LogP contribution is -2.41. The molecule has 7 nitrogen and oxygen atoms in total. The van der Waals surface area contributed by atoms with Crippen molar-refractivity contribution >= 4 is 39.0 Å². The fourth-order valence-electron chi connectivity index (χ4n) is 5.14. The van der Waals surface area contributed by atoms with E-state index >= 15 is 0 Å². The van der Waals surface area contributed by atoms with E-state index in [0.29, 0.717) is 12.0 Å². The topological polar surface area (TPSA) is 84.7 Å². The number of non-ortho nitro benzene ring substituents is 1. The van der Waals surface area contributed by atoms with Gasteiger partial charge in [0, 0.05) is 40.1 Å². The second kappa shape index (κ2) is 12.2. The normalized spacial score (nSPS) is 16.9. The molecule has 0 amide bonds. The number of halogens is 1. The van der Waals surface area contributed by atoms with Gasteiger partial charge in [-0.05, 0) is 66.6 Å². The van der Waals surface area contributed by atoms with Crippen LogP contribution in [0.5, 0.6) is 0 Å². The summed E-state index contributed by atoms with van der Waals surface area (Å²) in [5.74, 6) is -0.431. The lowest BCUT2D eigenvalue weighted by molar-refractivity contribution is -0.384. The van der Waals surface area contributed by atoms with Gasteiger partial charge in [-0.3, -0.25) is 10.1 Å².